The van der Waals surface area contributed by atoms with Gasteiger partial charge in [-0.25, -0.2) is 4.98 Å². The summed E-state index contributed by atoms with van der Waals surface area (Å²) in [4.78, 5) is 9.21. The lowest BCUT2D eigenvalue weighted by atomic mass is 9.97. The molecule has 2 heterocycles. The van der Waals surface area contributed by atoms with E-state index < -0.39 is 10.1 Å². The lowest BCUT2D eigenvalue weighted by Gasteiger charge is -2.24. The van der Waals surface area contributed by atoms with Gasteiger partial charge in [0.25, 0.3) is 0 Å². The first-order chi connectivity index (χ1) is 18.8. The quantitative estimate of drug-likeness (QED) is 0.246. The van der Waals surface area contributed by atoms with Crippen LogP contribution in [0, 0.1) is 6.92 Å². The Labute approximate surface area is 232 Å². The Morgan fingerprint density at radius 1 is 0.897 bits per heavy atom. The van der Waals surface area contributed by atoms with Crippen LogP contribution in [0.25, 0.3) is 10.9 Å². The summed E-state index contributed by atoms with van der Waals surface area (Å²) in [5.74, 6) is 1.39. The molecule has 0 spiro atoms. The van der Waals surface area contributed by atoms with E-state index in [1.807, 2.05) is 12.1 Å². The first kappa shape index (κ1) is 29.1. The topological polar surface area (TPSA) is 96.8 Å². The lowest BCUT2D eigenvalue weighted by Crippen LogP contribution is -2.26. The standard InChI is InChI=1S/C30H40N2O6S/c1-6-9-21-16-22(10-7-2)29(23(17-21)11-8-3)39(33,34)38-30-25-18-28(37-24-12-14-36-15-13-24)27(35-5)19-26(25)31-20(4)32-30/h16-19,24H,6-15H2,1-5H3. The second-order valence-corrected chi connectivity index (χ2v) is 11.5. The fourth-order valence-electron chi connectivity index (χ4n) is 5.14. The average molecular weight is 557 g/mol. The molecule has 0 bridgehead atoms. The van der Waals surface area contributed by atoms with Crippen molar-refractivity contribution in [3.05, 3.63) is 46.8 Å². The zero-order valence-corrected chi connectivity index (χ0v) is 24.5. The van der Waals surface area contributed by atoms with Crippen molar-refractivity contribution < 1.29 is 26.8 Å². The summed E-state index contributed by atoms with van der Waals surface area (Å²) in [5.41, 5.74) is 3.28. The molecule has 9 heteroatoms. The van der Waals surface area contributed by atoms with Gasteiger partial charge in [0, 0.05) is 18.9 Å². The van der Waals surface area contributed by atoms with Gasteiger partial charge in [-0.2, -0.15) is 13.4 Å². The van der Waals surface area contributed by atoms with Crippen LogP contribution < -0.4 is 13.7 Å². The van der Waals surface area contributed by atoms with Crippen LogP contribution in [0.15, 0.2) is 29.2 Å². The number of benzene rings is 2. The lowest BCUT2D eigenvalue weighted by molar-refractivity contribution is 0.0246. The maximum atomic E-state index is 14.0. The Bertz CT molecular complexity index is 1370. The van der Waals surface area contributed by atoms with Crippen molar-refractivity contribution in [2.24, 2.45) is 0 Å². The highest BCUT2D eigenvalue weighted by atomic mass is 32.2. The van der Waals surface area contributed by atoms with Crippen LogP contribution in [-0.4, -0.2) is 44.8 Å². The first-order valence-corrected chi connectivity index (χ1v) is 15.4. The molecule has 39 heavy (non-hydrogen) atoms. The summed E-state index contributed by atoms with van der Waals surface area (Å²) in [7, 11) is -2.62. The molecule has 0 saturated carbocycles. The van der Waals surface area contributed by atoms with Crippen molar-refractivity contribution in [1.29, 1.82) is 0 Å². The van der Waals surface area contributed by atoms with E-state index >= 15 is 0 Å². The molecule has 1 aliphatic heterocycles. The Hall–Kier alpha value is -2.91. The molecule has 2 aromatic carbocycles. The molecule has 1 aromatic heterocycles. The monoisotopic (exact) mass is 556 g/mol. The summed E-state index contributed by atoms with van der Waals surface area (Å²) < 4.78 is 51.2. The van der Waals surface area contributed by atoms with Crippen LogP contribution in [0.5, 0.6) is 17.4 Å². The van der Waals surface area contributed by atoms with E-state index in [4.69, 9.17) is 18.4 Å². The number of aromatic nitrogens is 2. The van der Waals surface area contributed by atoms with Gasteiger partial charge >= 0.3 is 10.1 Å². The van der Waals surface area contributed by atoms with Crippen molar-refractivity contribution >= 4 is 21.0 Å². The summed E-state index contributed by atoms with van der Waals surface area (Å²) in [5, 5.41) is 0.448. The Morgan fingerprint density at radius 2 is 1.54 bits per heavy atom. The molecule has 0 amide bonds. The predicted octanol–water partition coefficient (Wildman–Crippen LogP) is 6.13. The maximum Gasteiger partial charge on any atom is 0.341 e. The zero-order chi connectivity index (χ0) is 28.0. The van der Waals surface area contributed by atoms with E-state index in [-0.39, 0.29) is 16.9 Å². The molecule has 1 saturated heterocycles. The molecular weight excluding hydrogens is 516 g/mol. The molecule has 0 N–H and O–H groups in total. The van der Waals surface area contributed by atoms with Gasteiger partial charge in [0.05, 0.1) is 31.2 Å². The van der Waals surface area contributed by atoms with E-state index in [0.717, 1.165) is 55.2 Å². The average Bonchev–Trinajstić information content (AvgIpc) is 2.89. The third-order valence-electron chi connectivity index (χ3n) is 6.84. The second kappa shape index (κ2) is 13.0. The minimum absolute atomic E-state index is 0.0143. The van der Waals surface area contributed by atoms with Gasteiger partial charge in [-0.1, -0.05) is 52.2 Å². The SMILES string of the molecule is CCCc1cc(CCC)c(S(=O)(=O)Oc2nc(C)nc3cc(OC)c(OC4CCOCC4)cc23)c(CCC)c1. The maximum absolute atomic E-state index is 14.0. The van der Waals surface area contributed by atoms with E-state index in [9.17, 15) is 8.42 Å². The number of hydrogen-bond acceptors (Lipinski definition) is 8. The van der Waals surface area contributed by atoms with E-state index in [1.54, 1.807) is 26.2 Å². The number of ether oxygens (including phenoxy) is 3. The molecular formula is C30H40N2O6S. The molecule has 4 rings (SSSR count). The molecule has 0 atom stereocenters. The molecule has 8 nitrogen and oxygen atoms in total. The third-order valence-corrected chi connectivity index (χ3v) is 8.24. The number of hydrogen-bond donors (Lipinski definition) is 0. The molecule has 3 aromatic rings. The van der Waals surface area contributed by atoms with Crippen LogP contribution in [0.3, 0.4) is 0 Å². The smallest absolute Gasteiger partial charge is 0.341 e. The van der Waals surface area contributed by atoms with Crippen molar-refractivity contribution in [3.8, 4) is 17.4 Å². The van der Waals surface area contributed by atoms with Crippen molar-refractivity contribution in [3.63, 3.8) is 0 Å². The number of fused-ring (bicyclic) bond motifs is 1. The van der Waals surface area contributed by atoms with Crippen LogP contribution in [0.2, 0.25) is 0 Å². The van der Waals surface area contributed by atoms with E-state index in [0.29, 0.717) is 54.3 Å². The first-order valence-electron chi connectivity index (χ1n) is 14.0. The van der Waals surface area contributed by atoms with E-state index in [2.05, 4.69) is 30.7 Å². The van der Waals surface area contributed by atoms with Crippen LogP contribution in [0.4, 0.5) is 0 Å². The number of aryl methyl sites for hydroxylation is 4. The van der Waals surface area contributed by atoms with Crippen LogP contribution >= 0.6 is 0 Å². The van der Waals surface area contributed by atoms with Crippen LogP contribution in [0.1, 0.15) is 75.4 Å². The third kappa shape index (κ3) is 6.81. The molecule has 0 unspecified atom stereocenters. The predicted molar refractivity (Wildman–Crippen MR) is 152 cm³/mol. The second-order valence-electron chi connectivity index (χ2n) is 10.1. The highest BCUT2D eigenvalue weighted by Crippen LogP contribution is 2.38. The zero-order valence-electron chi connectivity index (χ0n) is 23.7. The van der Waals surface area contributed by atoms with Gasteiger partial charge in [0.15, 0.2) is 11.5 Å². The Balaban J connectivity index is 1.81. The fourth-order valence-corrected chi connectivity index (χ4v) is 6.53. The molecule has 0 radical (unpaired) electrons. The van der Waals surface area contributed by atoms with Gasteiger partial charge < -0.3 is 18.4 Å². The van der Waals surface area contributed by atoms with Gasteiger partial charge in [-0.05, 0) is 48.9 Å². The molecule has 1 fully saturated rings. The Morgan fingerprint density at radius 3 is 2.13 bits per heavy atom. The fraction of sp³-hybridized carbons (Fsp3) is 0.533. The highest BCUT2D eigenvalue weighted by molar-refractivity contribution is 7.87. The number of rotatable bonds is 12. The highest BCUT2D eigenvalue weighted by Gasteiger charge is 2.28. The minimum atomic E-state index is -4.19. The summed E-state index contributed by atoms with van der Waals surface area (Å²) >= 11 is 0. The molecule has 0 aliphatic carbocycles. The molecule has 212 valence electrons. The molecule has 1 aliphatic rings. The van der Waals surface area contributed by atoms with Gasteiger partial charge in [0.2, 0.25) is 5.88 Å². The van der Waals surface area contributed by atoms with Gasteiger partial charge in [-0.3, -0.25) is 0 Å². The summed E-state index contributed by atoms with van der Waals surface area (Å²) in [6.07, 6.45) is 6.34. The number of methoxy groups -OCH3 is 1. The van der Waals surface area contributed by atoms with Gasteiger partial charge in [0.1, 0.15) is 16.8 Å². The largest absolute Gasteiger partial charge is 0.493 e. The Kier molecular flexibility index (Phi) is 9.67. The summed E-state index contributed by atoms with van der Waals surface area (Å²) in [6, 6.07) is 7.51. The van der Waals surface area contributed by atoms with Crippen molar-refractivity contribution in [1.82, 2.24) is 9.97 Å². The van der Waals surface area contributed by atoms with Crippen molar-refractivity contribution in [2.45, 2.75) is 90.1 Å². The minimum Gasteiger partial charge on any atom is -0.493 e. The van der Waals surface area contributed by atoms with Gasteiger partial charge in [-0.15, -0.1) is 0 Å². The van der Waals surface area contributed by atoms with E-state index in [1.165, 1.54) is 0 Å². The number of nitrogens with zero attached hydrogens (tertiary/aromatic N) is 2. The summed E-state index contributed by atoms with van der Waals surface area (Å²) in [6.45, 7) is 9.21. The normalized spacial score (nSPS) is 14.5. The van der Waals surface area contributed by atoms with Crippen molar-refractivity contribution in [2.75, 3.05) is 20.3 Å². The van der Waals surface area contributed by atoms with Crippen LogP contribution in [-0.2, 0) is 34.1 Å².